The van der Waals surface area contributed by atoms with Crippen molar-refractivity contribution >= 4 is 0 Å². The number of hydrogen-bond donors (Lipinski definition) is 2. The minimum atomic E-state index is 0.865. The van der Waals surface area contributed by atoms with Crippen LogP contribution in [0.4, 0.5) is 0 Å². The largest absolute Gasteiger partial charge is 0.400 e. The van der Waals surface area contributed by atoms with Gasteiger partial charge in [0, 0.05) is 7.11 Å². The van der Waals surface area contributed by atoms with Crippen molar-refractivity contribution in [2.75, 3.05) is 13.7 Å². The second-order valence-corrected chi connectivity index (χ2v) is 2.74. The lowest BCUT2D eigenvalue weighted by molar-refractivity contribution is 0.366. The van der Waals surface area contributed by atoms with Gasteiger partial charge in [0.15, 0.2) is 0 Å². The highest BCUT2D eigenvalue weighted by molar-refractivity contribution is 4.65. The second-order valence-electron chi connectivity index (χ2n) is 2.74. The maximum absolute atomic E-state index is 7.00. The number of aliphatic hydroxyl groups is 1. The fraction of sp³-hybridized carbons (Fsp3) is 1.00. The van der Waals surface area contributed by atoms with Gasteiger partial charge in [0.1, 0.15) is 0 Å². The lowest BCUT2D eigenvalue weighted by atomic mass is 9.90. The van der Waals surface area contributed by atoms with Gasteiger partial charge in [-0.2, -0.15) is 0 Å². The average Bonchev–Trinajstić information content (AvgIpc) is 2.10. The first-order valence-electron chi connectivity index (χ1n) is 4.08. The molecule has 0 bridgehead atoms. The maximum Gasteiger partial charge on any atom is 0.0319 e. The van der Waals surface area contributed by atoms with E-state index in [9.17, 15) is 0 Å². The molecule has 62 valence electrons. The molecule has 0 atom stereocenters. The second kappa shape index (κ2) is 7.03. The lowest BCUT2D eigenvalue weighted by Gasteiger charge is -2.18. The van der Waals surface area contributed by atoms with Gasteiger partial charge >= 0.3 is 0 Å². The average molecular weight is 145 g/mol. The summed E-state index contributed by atoms with van der Waals surface area (Å²) in [7, 11) is 1.00. The Kier molecular flexibility index (Phi) is 6.98. The Labute approximate surface area is 63.4 Å². The third kappa shape index (κ3) is 3.85. The summed E-state index contributed by atoms with van der Waals surface area (Å²) in [6.45, 7) is 0.917. The Morgan fingerprint density at radius 2 is 1.70 bits per heavy atom. The van der Waals surface area contributed by atoms with E-state index in [0.29, 0.717) is 0 Å². The monoisotopic (exact) mass is 145 g/mol. The summed E-state index contributed by atoms with van der Waals surface area (Å²) in [5, 5.41) is 7.00. The molecule has 0 unspecified atom stereocenters. The van der Waals surface area contributed by atoms with E-state index in [1.165, 1.54) is 32.1 Å². The molecule has 2 heteroatoms. The molecule has 0 aromatic heterocycles. The topological polar surface area (TPSA) is 46.2 Å². The summed E-state index contributed by atoms with van der Waals surface area (Å²) < 4.78 is 0. The summed E-state index contributed by atoms with van der Waals surface area (Å²) >= 11 is 0. The van der Waals surface area contributed by atoms with Crippen LogP contribution in [0.5, 0.6) is 0 Å². The third-order valence-corrected chi connectivity index (χ3v) is 2.06. The molecular weight excluding hydrogens is 126 g/mol. The van der Waals surface area contributed by atoms with Crippen LogP contribution in [0.15, 0.2) is 0 Å². The van der Waals surface area contributed by atoms with E-state index >= 15 is 0 Å². The predicted octanol–water partition coefficient (Wildman–Crippen LogP) is 1.13. The van der Waals surface area contributed by atoms with E-state index in [2.05, 4.69) is 0 Å². The van der Waals surface area contributed by atoms with Crippen LogP contribution in [0, 0.1) is 5.92 Å². The van der Waals surface area contributed by atoms with Gasteiger partial charge in [0.25, 0.3) is 0 Å². The van der Waals surface area contributed by atoms with Crippen molar-refractivity contribution in [2.24, 2.45) is 11.7 Å². The lowest BCUT2D eigenvalue weighted by Crippen LogP contribution is -2.16. The number of aliphatic hydroxyl groups excluding tert-OH is 1. The third-order valence-electron chi connectivity index (χ3n) is 2.06. The van der Waals surface area contributed by atoms with Crippen LogP contribution in [0.25, 0.3) is 0 Å². The molecule has 1 aliphatic carbocycles. The van der Waals surface area contributed by atoms with Crippen molar-refractivity contribution in [3.05, 3.63) is 0 Å². The van der Waals surface area contributed by atoms with E-state index in [-0.39, 0.29) is 0 Å². The van der Waals surface area contributed by atoms with Gasteiger partial charge in [-0.05, 0) is 25.3 Å². The first kappa shape index (κ1) is 9.92. The Morgan fingerprint density at radius 3 is 2.00 bits per heavy atom. The smallest absolute Gasteiger partial charge is 0.0319 e. The highest BCUT2D eigenvalue weighted by atomic mass is 16.2. The first-order chi connectivity index (χ1) is 4.93. The van der Waals surface area contributed by atoms with Crippen LogP contribution in [0.1, 0.15) is 32.1 Å². The molecule has 1 fully saturated rings. The molecule has 10 heavy (non-hydrogen) atoms. The van der Waals surface area contributed by atoms with Crippen molar-refractivity contribution in [1.82, 2.24) is 0 Å². The van der Waals surface area contributed by atoms with Crippen molar-refractivity contribution in [3.8, 4) is 0 Å². The van der Waals surface area contributed by atoms with Crippen molar-refractivity contribution < 1.29 is 5.11 Å². The molecular formula is C8H19NO. The van der Waals surface area contributed by atoms with Gasteiger partial charge in [-0.25, -0.2) is 0 Å². The predicted molar refractivity (Wildman–Crippen MR) is 43.8 cm³/mol. The summed E-state index contributed by atoms with van der Waals surface area (Å²) in [5.74, 6) is 0.865. The van der Waals surface area contributed by atoms with Crippen LogP contribution in [0.2, 0.25) is 0 Å². The fourth-order valence-electron chi connectivity index (χ4n) is 1.42. The van der Waals surface area contributed by atoms with Gasteiger partial charge in [0.2, 0.25) is 0 Å². The number of rotatable bonds is 1. The van der Waals surface area contributed by atoms with Crippen LogP contribution >= 0.6 is 0 Å². The molecule has 0 heterocycles. The highest BCUT2D eigenvalue weighted by Gasteiger charge is 2.09. The van der Waals surface area contributed by atoms with Crippen molar-refractivity contribution in [3.63, 3.8) is 0 Å². The van der Waals surface area contributed by atoms with Gasteiger partial charge in [-0.3, -0.25) is 0 Å². The molecule has 2 nitrogen and oxygen atoms in total. The number of nitrogens with two attached hydrogens (primary N) is 1. The van der Waals surface area contributed by atoms with Gasteiger partial charge in [0.05, 0.1) is 0 Å². The Bertz CT molecular complexity index is 60.3. The zero-order valence-corrected chi connectivity index (χ0v) is 6.84. The molecule has 1 saturated carbocycles. The minimum Gasteiger partial charge on any atom is -0.400 e. The quantitative estimate of drug-likeness (QED) is 0.581. The van der Waals surface area contributed by atoms with E-state index in [1.54, 1.807) is 0 Å². The number of hydrogen-bond acceptors (Lipinski definition) is 2. The zero-order valence-electron chi connectivity index (χ0n) is 6.84. The van der Waals surface area contributed by atoms with E-state index in [4.69, 9.17) is 10.8 Å². The fourth-order valence-corrected chi connectivity index (χ4v) is 1.42. The highest BCUT2D eigenvalue weighted by Crippen LogP contribution is 2.21. The minimum absolute atomic E-state index is 0.865. The Balaban J connectivity index is 0.000000371. The van der Waals surface area contributed by atoms with Gasteiger partial charge in [-0.15, -0.1) is 0 Å². The zero-order chi connectivity index (χ0) is 7.82. The van der Waals surface area contributed by atoms with Crippen molar-refractivity contribution in [2.45, 2.75) is 32.1 Å². The SMILES string of the molecule is CO.NCC1CCCCC1. The van der Waals surface area contributed by atoms with Crippen LogP contribution in [-0.4, -0.2) is 18.8 Å². The molecule has 1 rings (SSSR count). The molecule has 0 amide bonds. The first-order valence-corrected chi connectivity index (χ1v) is 4.08. The molecule has 0 aliphatic heterocycles. The molecule has 0 aromatic carbocycles. The van der Waals surface area contributed by atoms with Crippen LogP contribution in [-0.2, 0) is 0 Å². The van der Waals surface area contributed by atoms with E-state index < -0.39 is 0 Å². The normalized spacial score (nSPS) is 19.5. The molecule has 1 aliphatic rings. The molecule has 0 radical (unpaired) electrons. The van der Waals surface area contributed by atoms with Crippen LogP contribution in [0.3, 0.4) is 0 Å². The van der Waals surface area contributed by atoms with Gasteiger partial charge < -0.3 is 10.8 Å². The Hall–Kier alpha value is -0.0800. The molecule has 0 saturated heterocycles. The summed E-state index contributed by atoms with van der Waals surface area (Å²) in [4.78, 5) is 0. The van der Waals surface area contributed by atoms with Crippen molar-refractivity contribution in [1.29, 1.82) is 0 Å². The molecule has 3 N–H and O–H groups in total. The maximum atomic E-state index is 7.00. The van der Waals surface area contributed by atoms with Crippen LogP contribution < -0.4 is 5.73 Å². The summed E-state index contributed by atoms with van der Waals surface area (Å²) in [6, 6.07) is 0. The molecule has 0 spiro atoms. The van der Waals surface area contributed by atoms with E-state index in [1.807, 2.05) is 0 Å². The van der Waals surface area contributed by atoms with Gasteiger partial charge in [-0.1, -0.05) is 19.3 Å². The van der Waals surface area contributed by atoms with E-state index in [0.717, 1.165) is 19.6 Å². The standard InChI is InChI=1S/C7H15N.CH4O/c8-6-7-4-2-1-3-5-7;1-2/h7H,1-6,8H2;2H,1H3. The summed E-state index contributed by atoms with van der Waals surface area (Å²) in [5.41, 5.74) is 5.50. The Morgan fingerprint density at radius 1 is 1.20 bits per heavy atom. The molecule has 0 aromatic rings. The summed E-state index contributed by atoms with van der Waals surface area (Å²) in [6.07, 6.45) is 7.05.